The predicted octanol–water partition coefficient (Wildman–Crippen LogP) is 3.11. The number of hydrogen-bond acceptors (Lipinski definition) is 7. The van der Waals surface area contributed by atoms with Crippen molar-refractivity contribution in [2.24, 2.45) is 0 Å². The molecule has 8 nitrogen and oxygen atoms in total. The summed E-state index contributed by atoms with van der Waals surface area (Å²) in [6.07, 6.45) is 3.50. The third-order valence-electron chi connectivity index (χ3n) is 3.94. The Hall–Kier alpha value is -3.05. The normalized spacial score (nSPS) is 11.1. The number of ether oxygens (including phenoxy) is 2. The van der Waals surface area contributed by atoms with Gasteiger partial charge in [0, 0.05) is 25.4 Å². The van der Waals surface area contributed by atoms with Gasteiger partial charge >= 0.3 is 6.09 Å². The van der Waals surface area contributed by atoms with E-state index in [9.17, 15) is 4.79 Å². The van der Waals surface area contributed by atoms with Gasteiger partial charge < -0.3 is 15.2 Å². The fraction of sp³-hybridized carbons (Fsp3) is 0.476. The Morgan fingerprint density at radius 1 is 1.28 bits per heavy atom. The number of nitrogens with one attached hydrogen (secondary N) is 1. The number of unbranched alkanes of at least 4 members (excludes halogenated alkanes) is 2. The zero-order valence-electron chi connectivity index (χ0n) is 17.7. The molecule has 0 aliphatic heterocycles. The maximum absolute atomic E-state index is 11.7. The zero-order valence-corrected chi connectivity index (χ0v) is 17.7. The van der Waals surface area contributed by atoms with Gasteiger partial charge in [-0.15, -0.1) is 0 Å². The maximum Gasteiger partial charge on any atom is 0.422 e. The average Bonchev–Trinajstić information content (AvgIpc) is 2.62. The first-order valence-corrected chi connectivity index (χ1v) is 9.47. The topological polar surface area (TPSA) is 103 Å². The third kappa shape index (κ3) is 7.12. The number of nitrogens with two attached hydrogens (primary N) is 1. The number of rotatable bonds is 6. The highest BCUT2D eigenvalue weighted by molar-refractivity contribution is 5.90. The summed E-state index contributed by atoms with van der Waals surface area (Å²) in [5.41, 5.74) is 9.56. The molecule has 1 aromatic heterocycles. The number of amides is 1. The van der Waals surface area contributed by atoms with Gasteiger partial charge in [-0.05, 0) is 45.7 Å². The van der Waals surface area contributed by atoms with Crippen LogP contribution < -0.4 is 15.9 Å². The number of hydrazine groups is 1. The summed E-state index contributed by atoms with van der Waals surface area (Å²) < 4.78 is 10.6. The first kappa shape index (κ1) is 22.2. The summed E-state index contributed by atoms with van der Waals surface area (Å²) in [6, 6.07) is 3.67. The number of methoxy groups -OCH3 is 1. The van der Waals surface area contributed by atoms with E-state index in [1.54, 1.807) is 12.1 Å². The lowest BCUT2D eigenvalue weighted by atomic mass is 10.1. The van der Waals surface area contributed by atoms with E-state index >= 15 is 0 Å². The van der Waals surface area contributed by atoms with Crippen LogP contribution in [0.3, 0.4) is 0 Å². The van der Waals surface area contributed by atoms with Crippen molar-refractivity contribution in [1.82, 2.24) is 20.4 Å². The van der Waals surface area contributed by atoms with Gasteiger partial charge in [0.25, 0.3) is 0 Å². The minimum Gasteiger partial charge on any atom is -0.495 e. The summed E-state index contributed by atoms with van der Waals surface area (Å²) in [6.45, 7) is 6.20. The Kier molecular flexibility index (Phi) is 7.62. The number of carbonyl (C=O) groups excluding carboxylic acids is 1. The Morgan fingerprint density at radius 2 is 2.03 bits per heavy atom. The van der Waals surface area contributed by atoms with Gasteiger partial charge in [-0.2, -0.15) is 0 Å². The summed E-state index contributed by atoms with van der Waals surface area (Å²) in [7, 11) is 3.41. The summed E-state index contributed by atoms with van der Waals surface area (Å²) in [5, 5.41) is 2.47. The number of nitrogens with zero attached hydrogens (tertiary/aromatic N) is 3. The van der Waals surface area contributed by atoms with Gasteiger partial charge in [0.05, 0.1) is 18.2 Å². The zero-order chi connectivity index (χ0) is 21.4. The Balaban J connectivity index is 1.84. The molecule has 0 bridgehead atoms. The van der Waals surface area contributed by atoms with Crippen LogP contribution in [0.5, 0.6) is 5.75 Å². The van der Waals surface area contributed by atoms with Crippen molar-refractivity contribution in [3.05, 3.63) is 24.0 Å². The number of aromatic nitrogens is 2. The van der Waals surface area contributed by atoms with Crippen molar-refractivity contribution >= 4 is 22.8 Å². The number of anilines is 1. The van der Waals surface area contributed by atoms with E-state index in [0.717, 1.165) is 35.7 Å². The average molecular weight is 399 g/mol. The molecule has 0 unspecified atom stereocenters. The Labute approximate surface area is 171 Å². The highest BCUT2D eigenvalue weighted by Crippen LogP contribution is 2.26. The smallest absolute Gasteiger partial charge is 0.422 e. The van der Waals surface area contributed by atoms with Crippen molar-refractivity contribution in [3.8, 4) is 17.6 Å². The molecule has 2 aromatic rings. The molecule has 2 rings (SSSR count). The molecule has 8 heteroatoms. The molecule has 0 spiro atoms. The van der Waals surface area contributed by atoms with Gasteiger partial charge in [-0.25, -0.2) is 19.8 Å². The molecule has 0 saturated heterocycles. The van der Waals surface area contributed by atoms with Crippen LogP contribution in [-0.2, 0) is 4.74 Å². The van der Waals surface area contributed by atoms with E-state index in [1.807, 2.05) is 40.0 Å². The maximum atomic E-state index is 11.7. The summed E-state index contributed by atoms with van der Waals surface area (Å²) >= 11 is 0. The molecule has 156 valence electrons. The molecule has 0 atom stereocenters. The fourth-order valence-electron chi connectivity index (χ4n) is 2.60. The van der Waals surface area contributed by atoms with E-state index < -0.39 is 11.7 Å². The van der Waals surface area contributed by atoms with E-state index in [-0.39, 0.29) is 0 Å². The van der Waals surface area contributed by atoms with E-state index in [1.165, 1.54) is 6.33 Å². The van der Waals surface area contributed by atoms with Crippen LogP contribution in [0.2, 0.25) is 0 Å². The number of benzene rings is 1. The van der Waals surface area contributed by atoms with Crippen molar-refractivity contribution in [3.63, 3.8) is 0 Å². The molecule has 3 N–H and O–H groups in total. The molecular formula is C21H29N5O3. The van der Waals surface area contributed by atoms with Crippen molar-refractivity contribution in [1.29, 1.82) is 0 Å². The minimum atomic E-state index is -0.512. The molecule has 0 saturated carbocycles. The van der Waals surface area contributed by atoms with Gasteiger partial charge in [-0.3, -0.25) is 5.43 Å². The van der Waals surface area contributed by atoms with E-state index in [0.29, 0.717) is 18.1 Å². The second kappa shape index (κ2) is 9.94. The predicted molar refractivity (Wildman–Crippen MR) is 113 cm³/mol. The Bertz CT molecular complexity index is 912. The lowest BCUT2D eigenvalue weighted by Gasteiger charge is -2.23. The number of nitrogen functional groups attached to an aromatic ring is 1. The van der Waals surface area contributed by atoms with Crippen LogP contribution in [0.25, 0.3) is 10.9 Å². The monoisotopic (exact) mass is 399 g/mol. The van der Waals surface area contributed by atoms with Gasteiger partial charge in [0.2, 0.25) is 0 Å². The highest BCUT2D eigenvalue weighted by atomic mass is 16.6. The van der Waals surface area contributed by atoms with Crippen LogP contribution >= 0.6 is 0 Å². The van der Waals surface area contributed by atoms with Crippen molar-refractivity contribution in [2.45, 2.75) is 45.6 Å². The molecule has 29 heavy (non-hydrogen) atoms. The SMILES string of the molecule is COc1cc2c(N)ncnc2cc1C#CCCCCN(C)NC(=O)OC(C)(C)C. The Morgan fingerprint density at radius 3 is 2.72 bits per heavy atom. The standard InChI is InChI=1S/C21H29N5O3/c1-21(2,3)29-20(27)25-26(4)11-9-7-6-8-10-15-12-17-16(13-18(15)28-5)19(22)24-14-23-17/h12-14H,6-7,9,11H2,1-5H3,(H,25,27)(H2,22,23,24). The molecule has 0 aliphatic carbocycles. The first-order valence-electron chi connectivity index (χ1n) is 9.47. The second-order valence-corrected chi connectivity index (χ2v) is 7.62. The van der Waals surface area contributed by atoms with Crippen molar-refractivity contribution in [2.75, 3.05) is 26.4 Å². The largest absolute Gasteiger partial charge is 0.495 e. The van der Waals surface area contributed by atoms with Crippen molar-refractivity contribution < 1.29 is 14.3 Å². The van der Waals surface area contributed by atoms with Crippen LogP contribution in [0.15, 0.2) is 18.5 Å². The molecular weight excluding hydrogens is 370 g/mol. The lowest BCUT2D eigenvalue weighted by Crippen LogP contribution is -2.42. The van der Waals surface area contributed by atoms with E-state index in [4.69, 9.17) is 15.2 Å². The molecule has 1 aromatic carbocycles. The summed E-state index contributed by atoms with van der Waals surface area (Å²) in [5.74, 6) is 7.37. The first-order chi connectivity index (χ1) is 13.7. The van der Waals surface area contributed by atoms with Crippen LogP contribution in [0, 0.1) is 11.8 Å². The number of carbonyl (C=O) groups is 1. The fourth-order valence-corrected chi connectivity index (χ4v) is 2.60. The molecule has 0 radical (unpaired) electrons. The number of hydrogen-bond donors (Lipinski definition) is 2. The van der Waals surface area contributed by atoms with Gasteiger partial charge in [-0.1, -0.05) is 11.8 Å². The third-order valence-corrected chi connectivity index (χ3v) is 3.94. The van der Waals surface area contributed by atoms with Crippen LogP contribution in [-0.4, -0.2) is 47.4 Å². The summed E-state index contributed by atoms with van der Waals surface area (Å²) in [4.78, 5) is 19.9. The quantitative estimate of drug-likeness (QED) is 0.437. The molecule has 1 amide bonds. The van der Waals surface area contributed by atoms with Gasteiger partial charge in [0.1, 0.15) is 23.5 Å². The molecule has 1 heterocycles. The van der Waals surface area contributed by atoms with Gasteiger partial charge in [0.15, 0.2) is 0 Å². The highest BCUT2D eigenvalue weighted by Gasteiger charge is 2.16. The molecule has 0 fully saturated rings. The minimum absolute atomic E-state index is 0.414. The number of fused-ring (bicyclic) bond motifs is 1. The van der Waals surface area contributed by atoms with E-state index in [2.05, 4.69) is 27.2 Å². The van der Waals surface area contributed by atoms with Crippen LogP contribution in [0.1, 0.15) is 45.6 Å². The lowest BCUT2D eigenvalue weighted by molar-refractivity contribution is 0.0367. The molecule has 0 aliphatic rings. The van der Waals surface area contributed by atoms with Crippen LogP contribution in [0.4, 0.5) is 10.6 Å². The second-order valence-electron chi connectivity index (χ2n) is 7.62.